The van der Waals surface area contributed by atoms with Crippen LogP contribution in [0.1, 0.15) is 29.7 Å². The van der Waals surface area contributed by atoms with Crippen molar-refractivity contribution >= 4 is 5.95 Å². The monoisotopic (exact) mass is 337 g/mol. The van der Waals surface area contributed by atoms with Crippen LogP contribution in [-0.2, 0) is 13.0 Å². The smallest absolute Gasteiger partial charge is 0.225 e. The minimum atomic E-state index is 0.425. The van der Waals surface area contributed by atoms with Crippen molar-refractivity contribution in [1.29, 1.82) is 0 Å². The van der Waals surface area contributed by atoms with Gasteiger partial charge >= 0.3 is 0 Å². The number of hydrogen-bond donors (Lipinski definition) is 1. The molecule has 4 rings (SSSR count). The SMILES string of the molecule is C[C@@H]1Cc2ccccc2[C@@H]1NCc1cnc(N2CCN(C)CC2)nc1. The molecule has 0 unspecified atom stereocenters. The van der Waals surface area contributed by atoms with Crippen LogP contribution in [0.5, 0.6) is 0 Å². The Kier molecular flexibility index (Phi) is 4.68. The molecule has 0 spiro atoms. The van der Waals surface area contributed by atoms with Crippen LogP contribution in [0, 0.1) is 5.92 Å². The largest absolute Gasteiger partial charge is 0.338 e. The molecule has 25 heavy (non-hydrogen) atoms. The summed E-state index contributed by atoms with van der Waals surface area (Å²) in [4.78, 5) is 13.8. The first-order valence-corrected chi connectivity index (χ1v) is 9.26. The summed E-state index contributed by atoms with van der Waals surface area (Å²) in [6.45, 7) is 7.29. The van der Waals surface area contributed by atoms with Gasteiger partial charge in [-0.2, -0.15) is 0 Å². The van der Waals surface area contributed by atoms with Gasteiger partial charge in [-0.05, 0) is 30.5 Å². The van der Waals surface area contributed by atoms with Crippen molar-refractivity contribution in [2.45, 2.75) is 25.9 Å². The molecule has 1 fully saturated rings. The quantitative estimate of drug-likeness (QED) is 0.927. The summed E-state index contributed by atoms with van der Waals surface area (Å²) in [5.74, 6) is 1.49. The minimum Gasteiger partial charge on any atom is -0.338 e. The molecule has 2 atom stereocenters. The molecule has 1 aromatic carbocycles. The number of benzene rings is 1. The second-order valence-electron chi connectivity index (χ2n) is 7.42. The second kappa shape index (κ2) is 7.10. The van der Waals surface area contributed by atoms with Crippen LogP contribution in [0.15, 0.2) is 36.7 Å². The van der Waals surface area contributed by atoms with Gasteiger partial charge in [0.2, 0.25) is 5.95 Å². The standard InChI is InChI=1S/C20H27N5/c1-15-11-17-5-3-4-6-18(17)19(15)21-12-16-13-22-20(23-14-16)25-9-7-24(2)8-10-25/h3-6,13-15,19,21H,7-12H2,1-2H3/t15-,19-/m1/s1. The molecule has 1 aromatic heterocycles. The van der Waals surface area contributed by atoms with Crippen molar-refractivity contribution in [2.75, 3.05) is 38.1 Å². The first kappa shape index (κ1) is 16.5. The fourth-order valence-corrected chi connectivity index (χ4v) is 3.94. The predicted octanol–water partition coefficient (Wildman–Crippen LogP) is 2.25. The minimum absolute atomic E-state index is 0.425. The molecule has 0 bridgehead atoms. The van der Waals surface area contributed by atoms with E-state index in [-0.39, 0.29) is 0 Å². The molecule has 1 saturated heterocycles. The van der Waals surface area contributed by atoms with Gasteiger partial charge in [0.15, 0.2) is 0 Å². The fraction of sp³-hybridized carbons (Fsp3) is 0.500. The molecular weight excluding hydrogens is 310 g/mol. The van der Waals surface area contributed by atoms with Crippen LogP contribution in [0.2, 0.25) is 0 Å². The van der Waals surface area contributed by atoms with Crippen LogP contribution in [-0.4, -0.2) is 48.1 Å². The van der Waals surface area contributed by atoms with Gasteiger partial charge in [0.1, 0.15) is 0 Å². The lowest BCUT2D eigenvalue weighted by atomic mass is 10.0. The van der Waals surface area contributed by atoms with E-state index in [2.05, 4.69) is 63.3 Å². The molecule has 1 N–H and O–H groups in total. The molecular formula is C20H27N5. The first-order chi connectivity index (χ1) is 12.2. The molecule has 2 aliphatic rings. The zero-order valence-corrected chi connectivity index (χ0v) is 15.2. The van der Waals surface area contributed by atoms with Gasteiger partial charge in [-0.15, -0.1) is 0 Å². The maximum atomic E-state index is 4.59. The molecule has 0 radical (unpaired) electrons. The van der Waals surface area contributed by atoms with E-state index in [4.69, 9.17) is 0 Å². The Morgan fingerprint density at radius 1 is 1.08 bits per heavy atom. The van der Waals surface area contributed by atoms with Crippen molar-refractivity contribution in [3.8, 4) is 0 Å². The maximum absolute atomic E-state index is 4.59. The number of hydrogen-bond acceptors (Lipinski definition) is 5. The highest BCUT2D eigenvalue weighted by Crippen LogP contribution is 2.35. The summed E-state index contributed by atoms with van der Waals surface area (Å²) in [7, 11) is 2.16. The molecule has 0 saturated carbocycles. The lowest BCUT2D eigenvalue weighted by Crippen LogP contribution is -2.45. The number of nitrogens with zero attached hydrogens (tertiary/aromatic N) is 4. The van der Waals surface area contributed by atoms with Crippen molar-refractivity contribution in [3.63, 3.8) is 0 Å². The van der Waals surface area contributed by atoms with Gasteiger partial charge in [-0.25, -0.2) is 9.97 Å². The molecule has 5 heteroatoms. The average molecular weight is 337 g/mol. The highest BCUT2D eigenvalue weighted by atomic mass is 15.3. The second-order valence-corrected chi connectivity index (χ2v) is 7.42. The maximum Gasteiger partial charge on any atom is 0.225 e. The van der Waals surface area contributed by atoms with E-state index in [0.717, 1.165) is 50.7 Å². The zero-order chi connectivity index (χ0) is 17.2. The summed E-state index contributed by atoms with van der Waals surface area (Å²) in [5.41, 5.74) is 4.08. The first-order valence-electron chi connectivity index (χ1n) is 9.26. The van der Waals surface area contributed by atoms with Crippen molar-refractivity contribution in [3.05, 3.63) is 53.3 Å². The normalized spacial score (nSPS) is 23.7. The Balaban J connectivity index is 1.37. The molecule has 5 nitrogen and oxygen atoms in total. The van der Waals surface area contributed by atoms with E-state index in [0.29, 0.717) is 12.0 Å². The third-order valence-electron chi connectivity index (χ3n) is 5.50. The summed E-state index contributed by atoms with van der Waals surface area (Å²) in [5, 5.41) is 3.71. The Bertz CT molecular complexity index is 706. The van der Waals surface area contributed by atoms with Crippen molar-refractivity contribution in [2.24, 2.45) is 5.92 Å². The summed E-state index contributed by atoms with van der Waals surface area (Å²) in [6, 6.07) is 9.21. The summed E-state index contributed by atoms with van der Waals surface area (Å²) in [6.07, 6.45) is 5.10. The third-order valence-corrected chi connectivity index (χ3v) is 5.50. The fourth-order valence-electron chi connectivity index (χ4n) is 3.94. The average Bonchev–Trinajstić information content (AvgIpc) is 2.96. The lowest BCUT2D eigenvalue weighted by molar-refractivity contribution is 0.311. The number of anilines is 1. The van der Waals surface area contributed by atoms with E-state index >= 15 is 0 Å². The number of piperazine rings is 1. The Morgan fingerprint density at radius 2 is 1.80 bits per heavy atom. The molecule has 2 heterocycles. The Hall–Kier alpha value is -1.98. The van der Waals surface area contributed by atoms with Crippen LogP contribution < -0.4 is 10.2 Å². The van der Waals surface area contributed by atoms with Gasteiger partial charge < -0.3 is 15.1 Å². The van der Waals surface area contributed by atoms with E-state index in [9.17, 15) is 0 Å². The molecule has 1 aliphatic carbocycles. The molecule has 1 aliphatic heterocycles. The number of fused-ring (bicyclic) bond motifs is 1. The van der Waals surface area contributed by atoms with Crippen LogP contribution in [0.4, 0.5) is 5.95 Å². The van der Waals surface area contributed by atoms with Crippen LogP contribution in [0.3, 0.4) is 0 Å². The molecule has 132 valence electrons. The number of aromatic nitrogens is 2. The Labute approximate surface area is 150 Å². The van der Waals surface area contributed by atoms with Gasteiger partial charge in [-0.1, -0.05) is 31.2 Å². The van der Waals surface area contributed by atoms with E-state index in [1.54, 1.807) is 0 Å². The van der Waals surface area contributed by atoms with Gasteiger partial charge in [0.25, 0.3) is 0 Å². The predicted molar refractivity (Wildman–Crippen MR) is 101 cm³/mol. The van der Waals surface area contributed by atoms with Gasteiger partial charge in [0.05, 0.1) is 0 Å². The van der Waals surface area contributed by atoms with Crippen LogP contribution >= 0.6 is 0 Å². The highest BCUT2D eigenvalue weighted by Gasteiger charge is 2.28. The zero-order valence-electron chi connectivity index (χ0n) is 15.2. The third kappa shape index (κ3) is 3.53. The van der Waals surface area contributed by atoms with Gasteiger partial charge in [-0.3, -0.25) is 0 Å². The number of nitrogens with one attached hydrogen (secondary N) is 1. The topological polar surface area (TPSA) is 44.3 Å². The molecule has 0 amide bonds. The van der Waals surface area contributed by atoms with E-state index < -0.39 is 0 Å². The van der Waals surface area contributed by atoms with Crippen molar-refractivity contribution in [1.82, 2.24) is 20.2 Å². The molecule has 2 aromatic rings. The van der Waals surface area contributed by atoms with Gasteiger partial charge in [0, 0.05) is 56.7 Å². The highest BCUT2D eigenvalue weighted by molar-refractivity contribution is 5.36. The van der Waals surface area contributed by atoms with E-state index in [1.165, 1.54) is 11.1 Å². The summed E-state index contributed by atoms with van der Waals surface area (Å²) < 4.78 is 0. The number of rotatable bonds is 4. The van der Waals surface area contributed by atoms with Crippen LogP contribution in [0.25, 0.3) is 0 Å². The van der Waals surface area contributed by atoms with Crippen molar-refractivity contribution < 1.29 is 0 Å². The summed E-state index contributed by atoms with van der Waals surface area (Å²) >= 11 is 0. The Morgan fingerprint density at radius 3 is 2.56 bits per heavy atom. The van der Waals surface area contributed by atoms with E-state index in [1.807, 2.05) is 12.4 Å². The number of likely N-dealkylation sites (N-methyl/N-ethyl adjacent to an activating group) is 1. The lowest BCUT2D eigenvalue weighted by Gasteiger charge is -2.32.